The Morgan fingerprint density at radius 3 is 2.13 bits per heavy atom. The summed E-state index contributed by atoms with van der Waals surface area (Å²) in [6, 6.07) is 3.27. The van der Waals surface area contributed by atoms with Crippen molar-refractivity contribution in [2.24, 2.45) is 0 Å². The molecule has 0 aliphatic rings. The van der Waals surface area contributed by atoms with Crippen molar-refractivity contribution < 1.29 is 29.2 Å². The molecule has 7 heteroatoms. The number of hydrogen-bond donors (Lipinski definition) is 3. The molecule has 0 saturated heterocycles. The topological polar surface area (TPSA) is 101 Å². The molecule has 1 aromatic heterocycles. The van der Waals surface area contributed by atoms with Crippen LogP contribution in [0.25, 0.3) is 0 Å². The lowest BCUT2D eigenvalue weighted by Gasteiger charge is -2.37. The van der Waals surface area contributed by atoms with Crippen molar-refractivity contribution in [1.29, 1.82) is 0 Å². The molecule has 0 bridgehead atoms. The van der Waals surface area contributed by atoms with Crippen LogP contribution < -0.4 is 0 Å². The number of aromatic amines is 1. The molecule has 3 N–H and O–H groups in total. The van der Waals surface area contributed by atoms with Crippen LogP contribution in [-0.4, -0.2) is 59.5 Å². The smallest absolute Gasteiger partial charge is 0.355 e. The zero-order valence-corrected chi connectivity index (χ0v) is 14.9. The van der Waals surface area contributed by atoms with E-state index in [1.54, 1.807) is 32.9 Å². The number of nitrogens with one attached hydrogen (secondary N) is 1. The van der Waals surface area contributed by atoms with Gasteiger partial charge in [0.2, 0.25) is 0 Å². The van der Waals surface area contributed by atoms with Gasteiger partial charge in [0.05, 0.1) is 5.60 Å². The number of ether oxygens (including phenoxy) is 3. The van der Waals surface area contributed by atoms with E-state index < -0.39 is 30.1 Å². The number of methoxy groups -OCH3 is 2. The monoisotopic (exact) mass is 331 g/mol. The molecule has 0 amide bonds. The quantitative estimate of drug-likeness (QED) is 0.518. The molecule has 0 spiro atoms. The highest BCUT2D eigenvalue weighted by Crippen LogP contribution is 2.24. The molecule has 1 heterocycles. The van der Waals surface area contributed by atoms with Gasteiger partial charge < -0.3 is 29.4 Å². The highest BCUT2D eigenvalue weighted by Gasteiger charge is 2.42. The van der Waals surface area contributed by atoms with Crippen LogP contribution in [0.2, 0.25) is 0 Å². The Morgan fingerprint density at radius 1 is 1.22 bits per heavy atom. The molecule has 7 nitrogen and oxygen atoms in total. The molecule has 0 fully saturated rings. The number of carbonyl (C=O) groups excluding carboxylic acids is 1. The first-order chi connectivity index (χ1) is 10.7. The molecule has 0 aliphatic heterocycles. The summed E-state index contributed by atoms with van der Waals surface area (Å²) in [5, 5.41) is 19.0. The van der Waals surface area contributed by atoms with Crippen LogP contribution in [0, 0.1) is 6.92 Å². The minimum absolute atomic E-state index is 0.225. The molecule has 2 unspecified atom stereocenters. The number of carbonyl (C=O) groups is 1. The maximum atomic E-state index is 12.0. The third-order valence-corrected chi connectivity index (χ3v) is 3.35. The van der Waals surface area contributed by atoms with Crippen molar-refractivity contribution in [2.45, 2.75) is 58.7 Å². The van der Waals surface area contributed by atoms with E-state index in [0.29, 0.717) is 0 Å². The molecule has 0 radical (unpaired) electrons. The lowest BCUT2D eigenvalue weighted by atomic mass is 9.95. The first-order valence-corrected chi connectivity index (χ1v) is 7.53. The normalized spacial score (nSPS) is 14.0. The fourth-order valence-electron chi connectivity index (χ4n) is 2.02. The molecule has 0 aromatic carbocycles. The Labute approximate surface area is 137 Å². The van der Waals surface area contributed by atoms with Crippen LogP contribution in [0.5, 0.6) is 0 Å². The Morgan fingerprint density at radius 2 is 1.78 bits per heavy atom. The van der Waals surface area contributed by atoms with E-state index in [2.05, 4.69) is 4.98 Å². The highest BCUT2D eigenvalue weighted by atomic mass is 16.6. The Kier molecular flexibility index (Phi) is 9.07. The van der Waals surface area contributed by atoms with Crippen LogP contribution in [0.1, 0.15) is 43.9 Å². The summed E-state index contributed by atoms with van der Waals surface area (Å²) in [5.74, 6) is -0.699. The standard InChI is InChI=1S/C14H23NO6.C2H6/c1-8-6-7-9(15-8)13(18)21-10(12(16)17)11(19-4)14(2,3)20-5;1-2/h6-7,10-12,15-17H,1-5H3;1-2H3. The van der Waals surface area contributed by atoms with E-state index in [9.17, 15) is 15.0 Å². The molecule has 2 atom stereocenters. The maximum absolute atomic E-state index is 12.0. The van der Waals surface area contributed by atoms with E-state index in [1.807, 2.05) is 13.8 Å². The van der Waals surface area contributed by atoms with Gasteiger partial charge in [0.25, 0.3) is 0 Å². The fraction of sp³-hybridized carbons (Fsp3) is 0.688. The van der Waals surface area contributed by atoms with E-state index in [4.69, 9.17) is 14.2 Å². The van der Waals surface area contributed by atoms with E-state index >= 15 is 0 Å². The van der Waals surface area contributed by atoms with Gasteiger partial charge >= 0.3 is 5.97 Å². The number of rotatable bonds is 7. The molecule has 0 saturated carbocycles. The summed E-state index contributed by atoms with van der Waals surface area (Å²) in [5.41, 5.74) is 0.140. The van der Waals surface area contributed by atoms with Crippen molar-refractivity contribution in [2.75, 3.05) is 14.2 Å². The van der Waals surface area contributed by atoms with Gasteiger partial charge in [0, 0.05) is 19.9 Å². The number of aromatic nitrogens is 1. The van der Waals surface area contributed by atoms with E-state index in [0.717, 1.165) is 5.69 Å². The Hall–Kier alpha value is -1.41. The molecule has 134 valence electrons. The third kappa shape index (κ3) is 5.95. The minimum atomic E-state index is -1.90. The molecule has 1 aromatic rings. The van der Waals surface area contributed by atoms with Gasteiger partial charge in [-0.15, -0.1) is 0 Å². The minimum Gasteiger partial charge on any atom is -0.449 e. The molecule has 23 heavy (non-hydrogen) atoms. The van der Waals surface area contributed by atoms with Gasteiger partial charge in [-0.3, -0.25) is 0 Å². The first-order valence-electron chi connectivity index (χ1n) is 7.53. The molecule has 1 rings (SSSR count). The van der Waals surface area contributed by atoms with Gasteiger partial charge in [0.1, 0.15) is 11.8 Å². The number of hydrogen-bond acceptors (Lipinski definition) is 6. The van der Waals surface area contributed by atoms with Gasteiger partial charge in [-0.05, 0) is 32.9 Å². The van der Waals surface area contributed by atoms with Crippen LogP contribution in [0.15, 0.2) is 12.1 Å². The highest BCUT2D eigenvalue weighted by molar-refractivity contribution is 5.87. The van der Waals surface area contributed by atoms with Crippen LogP contribution in [0.4, 0.5) is 0 Å². The van der Waals surface area contributed by atoms with Gasteiger partial charge in [-0.25, -0.2) is 4.79 Å². The number of H-pyrrole nitrogens is 1. The second-order valence-electron chi connectivity index (χ2n) is 5.30. The average molecular weight is 331 g/mol. The SMILES string of the molecule is CC.COC(C(OC(=O)c1ccc(C)[nH]1)C(O)O)C(C)(C)OC. The van der Waals surface area contributed by atoms with E-state index in [1.165, 1.54) is 14.2 Å². The summed E-state index contributed by atoms with van der Waals surface area (Å²) in [6.45, 7) is 9.19. The van der Waals surface area contributed by atoms with Gasteiger partial charge in [-0.2, -0.15) is 0 Å². The maximum Gasteiger partial charge on any atom is 0.355 e. The number of esters is 1. The van der Waals surface area contributed by atoms with Crippen molar-refractivity contribution in [3.63, 3.8) is 0 Å². The predicted octanol–water partition coefficient (Wildman–Crippen LogP) is 1.63. The first kappa shape index (κ1) is 21.6. The van der Waals surface area contributed by atoms with Crippen LogP contribution >= 0.6 is 0 Å². The number of aliphatic hydroxyl groups is 2. The second kappa shape index (κ2) is 9.67. The van der Waals surface area contributed by atoms with E-state index in [-0.39, 0.29) is 5.69 Å². The van der Waals surface area contributed by atoms with Crippen molar-refractivity contribution in [1.82, 2.24) is 4.98 Å². The van der Waals surface area contributed by atoms with Gasteiger partial charge in [-0.1, -0.05) is 13.8 Å². The molecular formula is C16H29NO6. The summed E-state index contributed by atoms with van der Waals surface area (Å²) in [6.07, 6.45) is -4.05. The Balaban J connectivity index is 0.00000232. The van der Waals surface area contributed by atoms with Crippen LogP contribution in [-0.2, 0) is 14.2 Å². The van der Waals surface area contributed by atoms with Gasteiger partial charge in [0.15, 0.2) is 12.4 Å². The third-order valence-electron chi connectivity index (χ3n) is 3.35. The lowest BCUT2D eigenvalue weighted by Crippen LogP contribution is -2.53. The molecule has 0 aliphatic carbocycles. The number of aliphatic hydroxyl groups excluding tert-OH is 1. The van der Waals surface area contributed by atoms with Crippen molar-refractivity contribution in [3.8, 4) is 0 Å². The fourth-order valence-corrected chi connectivity index (χ4v) is 2.02. The summed E-state index contributed by atoms with van der Waals surface area (Å²) in [4.78, 5) is 14.9. The van der Waals surface area contributed by atoms with Crippen molar-refractivity contribution in [3.05, 3.63) is 23.5 Å². The summed E-state index contributed by atoms with van der Waals surface area (Å²) < 4.78 is 15.7. The number of aryl methyl sites for hydroxylation is 1. The largest absolute Gasteiger partial charge is 0.449 e. The lowest BCUT2D eigenvalue weighted by molar-refractivity contribution is -0.208. The summed E-state index contributed by atoms with van der Waals surface area (Å²) >= 11 is 0. The molecular weight excluding hydrogens is 302 g/mol. The summed E-state index contributed by atoms with van der Waals surface area (Å²) in [7, 11) is 2.84. The second-order valence-corrected chi connectivity index (χ2v) is 5.30. The zero-order chi connectivity index (χ0) is 18.2. The Bertz CT molecular complexity index is 469. The van der Waals surface area contributed by atoms with Crippen LogP contribution in [0.3, 0.4) is 0 Å². The zero-order valence-electron chi connectivity index (χ0n) is 14.9. The van der Waals surface area contributed by atoms with Crippen molar-refractivity contribution >= 4 is 5.97 Å². The predicted molar refractivity (Wildman–Crippen MR) is 86.2 cm³/mol. The average Bonchev–Trinajstić information content (AvgIpc) is 2.95.